The summed E-state index contributed by atoms with van der Waals surface area (Å²) in [6, 6.07) is 5.59. The van der Waals surface area contributed by atoms with Crippen LogP contribution in [0.15, 0.2) is 30.0 Å². The lowest BCUT2D eigenvalue weighted by Crippen LogP contribution is -2.57. The lowest BCUT2D eigenvalue weighted by Gasteiger charge is -2.45. The van der Waals surface area contributed by atoms with Crippen LogP contribution in [-0.4, -0.2) is 53.7 Å². The summed E-state index contributed by atoms with van der Waals surface area (Å²) in [7, 11) is 0. The number of rotatable bonds is 4. The minimum Gasteiger partial charge on any atom is -0.486 e. The second-order valence-electron chi connectivity index (χ2n) is 8.76. The number of halogens is 1. The second-order valence-corrected chi connectivity index (χ2v) is 8.76. The van der Waals surface area contributed by atoms with Crippen molar-refractivity contribution in [1.29, 1.82) is 0 Å². The first kappa shape index (κ1) is 20.8. The van der Waals surface area contributed by atoms with Gasteiger partial charge in [-0.2, -0.15) is 0 Å². The number of hydrogen-bond donors (Lipinski definition) is 0. The predicted molar refractivity (Wildman–Crippen MR) is 120 cm³/mol. The standard InChI is InChI=1S/C25H26FN3O3/c1-3-22(30)19-4-5-21-25(24(19)26)32-14-18-13-28(6-7-29(18)21)12-16-9-17-10-23(31)15(2)8-20(17)27-11-16/h4-5,8-9,11,18H,3,6-7,10,12-14H2,1-2H3/t18-/m0/s1. The minimum atomic E-state index is -0.547. The quantitative estimate of drug-likeness (QED) is 0.686. The van der Waals surface area contributed by atoms with Gasteiger partial charge >= 0.3 is 0 Å². The molecular formula is C25H26FN3O3. The monoisotopic (exact) mass is 435 g/mol. The Bertz CT molecular complexity index is 1140. The lowest BCUT2D eigenvalue weighted by molar-refractivity contribution is -0.114. The third kappa shape index (κ3) is 3.60. The number of piperazine rings is 1. The predicted octanol–water partition coefficient (Wildman–Crippen LogP) is 3.43. The molecule has 1 atom stereocenters. The highest BCUT2D eigenvalue weighted by atomic mass is 19.1. The molecule has 5 rings (SSSR count). The fraction of sp³-hybridized carbons (Fsp3) is 0.400. The van der Waals surface area contributed by atoms with Gasteiger partial charge < -0.3 is 9.64 Å². The fourth-order valence-corrected chi connectivity index (χ4v) is 4.80. The maximum atomic E-state index is 14.9. The lowest BCUT2D eigenvalue weighted by atomic mass is 9.94. The van der Waals surface area contributed by atoms with Gasteiger partial charge in [0.1, 0.15) is 6.61 Å². The van der Waals surface area contributed by atoms with Crippen LogP contribution in [0.1, 0.15) is 47.4 Å². The molecule has 0 radical (unpaired) electrons. The molecule has 7 heteroatoms. The number of hydrogen-bond acceptors (Lipinski definition) is 6. The molecule has 166 valence electrons. The van der Waals surface area contributed by atoms with Crippen molar-refractivity contribution in [3.05, 3.63) is 58.2 Å². The van der Waals surface area contributed by atoms with Gasteiger partial charge in [0.25, 0.3) is 0 Å². The molecule has 1 aromatic carbocycles. The molecule has 1 aliphatic carbocycles. The summed E-state index contributed by atoms with van der Waals surface area (Å²) < 4.78 is 20.7. The molecular weight excluding hydrogens is 409 g/mol. The van der Waals surface area contributed by atoms with E-state index in [4.69, 9.17) is 4.74 Å². The molecule has 0 unspecified atom stereocenters. The Kier molecular flexibility index (Phi) is 5.29. The Hall–Kier alpha value is -3.06. The van der Waals surface area contributed by atoms with Crippen LogP contribution >= 0.6 is 0 Å². The average Bonchev–Trinajstić information content (AvgIpc) is 2.79. The zero-order valence-electron chi connectivity index (χ0n) is 18.4. The van der Waals surface area contributed by atoms with Crippen LogP contribution in [0, 0.1) is 5.82 Å². The SMILES string of the molecule is CCC(=O)c1ccc2c(c1F)OC[C@@H]1CN(Cc3cnc4c(c3)CC(=O)C(C)=C4)CCN21. The number of allylic oxidation sites excluding steroid dienone is 1. The van der Waals surface area contributed by atoms with E-state index in [-0.39, 0.29) is 35.3 Å². The normalized spacial score (nSPS) is 20.1. The number of Topliss-reactive ketones (excluding diaryl/α,β-unsaturated/α-hetero) is 2. The molecule has 0 spiro atoms. The fourth-order valence-electron chi connectivity index (χ4n) is 4.80. The molecule has 0 saturated carbocycles. The number of carbonyl (C=O) groups is 2. The van der Waals surface area contributed by atoms with Crippen molar-refractivity contribution in [1.82, 2.24) is 9.88 Å². The highest BCUT2D eigenvalue weighted by molar-refractivity contribution is 6.02. The maximum absolute atomic E-state index is 14.9. The molecule has 1 fully saturated rings. The van der Waals surface area contributed by atoms with E-state index in [0.29, 0.717) is 13.0 Å². The van der Waals surface area contributed by atoms with Gasteiger partial charge in [-0.3, -0.25) is 19.5 Å². The van der Waals surface area contributed by atoms with Crippen LogP contribution in [0.2, 0.25) is 0 Å². The Morgan fingerprint density at radius 1 is 1.31 bits per heavy atom. The van der Waals surface area contributed by atoms with E-state index in [1.807, 2.05) is 25.3 Å². The number of nitrogens with zero attached hydrogens (tertiary/aromatic N) is 3. The number of pyridine rings is 1. The molecule has 2 aromatic rings. The van der Waals surface area contributed by atoms with Crippen LogP contribution in [0.5, 0.6) is 5.75 Å². The van der Waals surface area contributed by atoms with Crippen molar-refractivity contribution in [2.24, 2.45) is 0 Å². The molecule has 6 nitrogen and oxygen atoms in total. The number of aromatic nitrogens is 1. The van der Waals surface area contributed by atoms with Crippen LogP contribution in [-0.2, 0) is 17.8 Å². The number of fused-ring (bicyclic) bond motifs is 4. The topological polar surface area (TPSA) is 62.7 Å². The van der Waals surface area contributed by atoms with Crippen LogP contribution in [0.25, 0.3) is 6.08 Å². The van der Waals surface area contributed by atoms with Crippen molar-refractivity contribution in [3.8, 4) is 5.75 Å². The Morgan fingerprint density at radius 2 is 2.16 bits per heavy atom. The molecule has 0 bridgehead atoms. The van der Waals surface area contributed by atoms with E-state index < -0.39 is 5.82 Å². The highest BCUT2D eigenvalue weighted by Gasteiger charge is 2.35. The second kappa shape index (κ2) is 8.13. The molecule has 1 aromatic heterocycles. The zero-order valence-corrected chi connectivity index (χ0v) is 18.4. The molecule has 1 saturated heterocycles. The zero-order chi connectivity index (χ0) is 22.4. The first-order valence-electron chi connectivity index (χ1n) is 11.1. The molecule has 0 amide bonds. The largest absolute Gasteiger partial charge is 0.486 e. The van der Waals surface area contributed by atoms with Crippen LogP contribution in [0.4, 0.5) is 10.1 Å². The van der Waals surface area contributed by atoms with E-state index in [0.717, 1.165) is 54.3 Å². The van der Waals surface area contributed by atoms with Crippen LogP contribution < -0.4 is 9.64 Å². The van der Waals surface area contributed by atoms with Gasteiger partial charge in [0.15, 0.2) is 23.1 Å². The van der Waals surface area contributed by atoms with Crippen molar-refractivity contribution < 1.29 is 18.7 Å². The van der Waals surface area contributed by atoms with Gasteiger partial charge in [0, 0.05) is 45.2 Å². The summed E-state index contributed by atoms with van der Waals surface area (Å²) in [5.74, 6) is -0.416. The van der Waals surface area contributed by atoms with E-state index in [9.17, 15) is 14.0 Å². The first-order valence-corrected chi connectivity index (χ1v) is 11.1. The Labute approximate surface area is 186 Å². The summed E-state index contributed by atoms with van der Waals surface area (Å²) in [6.45, 7) is 7.04. The average molecular weight is 435 g/mol. The van der Waals surface area contributed by atoms with E-state index >= 15 is 0 Å². The Balaban J connectivity index is 1.30. The van der Waals surface area contributed by atoms with Gasteiger partial charge in [0.05, 0.1) is 23.0 Å². The molecule has 32 heavy (non-hydrogen) atoms. The summed E-state index contributed by atoms with van der Waals surface area (Å²) in [6.07, 6.45) is 4.42. The third-order valence-corrected chi connectivity index (χ3v) is 6.60. The van der Waals surface area contributed by atoms with Crippen molar-refractivity contribution >= 4 is 23.3 Å². The molecule has 3 aliphatic rings. The van der Waals surface area contributed by atoms with Crippen molar-refractivity contribution in [2.75, 3.05) is 31.1 Å². The third-order valence-electron chi connectivity index (χ3n) is 6.60. The van der Waals surface area contributed by atoms with Crippen molar-refractivity contribution in [2.45, 2.75) is 39.3 Å². The van der Waals surface area contributed by atoms with Crippen LogP contribution in [0.3, 0.4) is 0 Å². The smallest absolute Gasteiger partial charge is 0.179 e. The highest BCUT2D eigenvalue weighted by Crippen LogP contribution is 2.39. The Morgan fingerprint density at radius 3 is 2.97 bits per heavy atom. The van der Waals surface area contributed by atoms with Gasteiger partial charge in [-0.05, 0) is 41.8 Å². The van der Waals surface area contributed by atoms with Crippen molar-refractivity contribution in [3.63, 3.8) is 0 Å². The number of anilines is 1. The van der Waals surface area contributed by atoms with Gasteiger partial charge in [0.2, 0.25) is 0 Å². The number of carbonyl (C=O) groups excluding carboxylic acids is 2. The number of ketones is 2. The number of benzene rings is 1. The van der Waals surface area contributed by atoms with E-state index in [1.54, 1.807) is 13.0 Å². The molecule has 3 heterocycles. The summed E-state index contributed by atoms with van der Waals surface area (Å²) in [4.78, 5) is 33.1. The minimum absolute atomic E-state index is 0.103. The molecule has 2 aliphatic heterocycles. The van der Waals surface area contributed by atoms with E-state index in [2.05, 4.69) is 20.9 Å². The number of ether oxygens (including phenoxy) is 1. The van der Waals surface area contributed by atoms with Gasteiger partial charge in [-0.15, -0.1) is 0 Å². The van der Waals surface area contributed by atoms with Gasteiger partial charge in [-0.25, -0.2) is 4.39 Å². The molecule has 0 N–H and O–H groups in total. The van der Waals surface area contributed by atoms with E-state index in [1.165, 1.54) is 0 Å². The summed E-state index contributed by atoms with van der Waals surface area (Å²) in [5, 5.41) is 0. The maximum Gasteiger partial charge on any atom is 0.179 e. The van der Waals surface area contributed by atoms with Gasteiger partial charge in [-0.1, -0.05) is 13.0 Å². The first-order chi connectivity index (χ1) is 15.4. The summed E-state index contributed by atoms with van der Waals surface area (Å²) >= 11 is 0. The summed E-state index contributed by atoms with van der Waals surface area (Å²) in [5.41, 5.74) is 4.54.